The zero-order valence-corrected chi connectivity index (χ0v) is 25.0. The Balaban J connectivity index is 1.25. The van der Waals surface area contributed by atoms with Gasteiger partial charge < -0.3 is 9.38 Å². The number of pyridine rings is 1. The van der Waals surface area contributed by atoms with Crippen molar-refractivity contribution in [3.05, 3.63) is 87.9 Å². The van der Waals surface area contributed by atoms with Crippen molar-refractivity contribution in [2.24, 2.45) is 0 Å². The molecule has 1 fully saturated rings. The number of thiol groups is 1. The number of nitrogens with zero attached hydrogens (tertiary/aromatic N) is 3. The SMILES string of the molecule is C[N+](C)(C)CCC[n+]1ccc(/C=C/c2ccc3c(c2)C2CCCC2N3C2=CC=C(CS)CC2)c2c1C=CCC2. The minimum absolute atomic E-state index is 0.636. The molecule has 4 heteroatoms. The van der Waals surface area contributed by atoms with E-state index in [9.17, 15) is 0 Å². The van der Waals surface area contributed by atoms with E-state index in [-0.39, 0.29) is 0 Å². The van der Waals surface area contributed by atoms with E-state index in [0.717, 1.165) is 42.5 Å². The Bertz CT molecular complexity index is 1360. The summed E-state index contributed by atoms with van der Waals surface area (Å²) in [5.74, 6) is 1.55. The van der Waals surface area contributed by atoms with E-state index < -0.39 is 0 Å². The highest BCUT2D eigenvalue weighted by molar-refractivity contribution is 7.80. The van der Waals surface area contributed by atoms with Gasteiger partial charge in [0.1, 0.15) is 0 Å². The quantitative estimate of drug-likeness (QED) is 0.212. The number of allylic oxidation sites excluding steroid dienone is 4. The van der Waals surface area contributed by atoms with Crippen LogP contribution >= 0.6 is 12.6 Å². The molecule has 6 rings (SSSR count). The van der Waals surface area contributed by atoms with Crippen LogP contribution in [-0.4, -0.2) is 44.0 Å². The fourth-order valence-electron chi connectivity index (χ4n) is 7.17. The maximum atomic E-state index is 4.50. The molecule has 2 atom stereocenters. The monoisotopic (exact) mass is 539 g/mol. The van der Waals surface area contributed by atoms with E-state index in [4.69, 9.17) is 0 Å². The summed E-state index contributed by atoms with van der Waals surface area (Å²) in [6.07, 6.45) is 26.1. The van der Waals surface area contributed by atoms with Crippen molar-refractivity contribution in [2.75, 3.05) is 38.3 Å². The molecule has 2 heterocycles. The summed E-state index contributed by atoms with van der Waals surface area (Å²) in [5.41, 5.74) is 11.6. The van der Waals surface area contributed by atoms with Gasteiger partial charge in [-0.05, 0) is 73.4 Å². The second-order valence-corrected chi connectivity index (χ2v) is 13.2. The number of hydrogen-bond acceptors (Lipinski definition) is 2. The molecular formula is C35H45N3S+2. The number of aryl methyl sites for hydroxylation is 1. The van der Waals surface area contributed by atoms with Crippen LogP contribution in [0.1, 0.15) is 78.8 Å². The molecule has 204 valence electrons. The van der Waals surface area contributed by atoms with Crippen LogP contribution in [0.4, 0.5) is 5.69 Å². The molecule has 1 aromatic heterocycles. The Morgan fingerprint density at radius 3 is 2.74 bits per heavy atom. The van der Waals surface area contributed by atoms with Gasteiger partial charge in [-0.15, -0.1) is 0 Å². The lowest BCUT2D eigenvalue weighted by molar-refractivity contribution is -0.873. The summed E-state index contributed by atoms with van der Waals surface area (Å²) >= 11 is 4.50. The first kappa shape index (κ1) is 26.7. The molecule has 1 aliphatic heterocycles. The van der Waals surface area contributed by atoms with E-state index in [0.29, 0.717) is 12.0 Å². The van der Waals surface area contributed by atoms with E-state index in [2.05, 4.69) is 110 Å². The summed E-state index contributed by atoms with van der Waals surface area (Å²) in [4.78, 5) is 2.70. The van der Waals surface area contributed by atoms with E-state index >= 15 is 0 Å². The highest BCUT2D eigenvalue weighted by atomic mass is 32.1. The van der Waals surface area contributed by atoms with Crippen molar-refractivity contribution in [1.29, 1.82) is 0 Å². The molecular weight excluding hydrogens is 494 g/mol. The molecule has 2 unspecified atom stereocenters. The molecule has 3 aliphatic carbocycles. The van der Waals surface area contributed by atoms with Crippen molar-refractivity contribution in [3.8, 4) is 0 Å². The highest BCUT2D eigenvalue weighted by Gasteiger charge is 2.42. The number of quaternary nitrogens is 1. The minimum atomic E-state index is 0.636. The van der Waals surface area contributed by atoms with Crippen molar-refractivity contribution in [2.45, 2.75) is 69.9 Å². The van der Waals surface area contributed by atoms with Gasteiger partial charge in [0, 0.05) is 46.8 Å². The van der Waals surface area contributed by atoms with Crippen molar-refractivity contribution >= 4 is 36.5 Å². The predicted molar refractivity (Wildman–Crippen MR) is 169 cm³/mol. The second-order valence-electron chi connectivity index (χ2n) is 12.9. The summed E-state index contributed by atoms with van der Waals surface area (Å²) in [6, 6.07) is 10.2. The highest BCUT2D eigenvalue weighted by Crippen LogP contribution is 2.52. The molecule has 1 aromatic carbocycles. The molecule has 0 amide bonds. The molecule has 1 saturated carbocycles. The predicted octanol–water partition coefficient (Wildman–Crippen LogP) is 7.19. The normalized spacial score (nSPS) is 22.1. The maximum absolute atomic E-state index is 4.50. The molecule has 3 nitrogen and oxygen atoms in total. The van der Waals surface area contributed by atoms with Crippen LogP contribution in [-0.2, 0) is 13.0 Å². The van der Waals surface area contributed by atoms with Crippen molar-refractivity contribution < 1.29 is 9.05 Å². The van der Waals surface area contributed by atoms with Gasteiger partial charge in [-0.2, -0.15) is 17.2 Å². The van der Waals surface area contributed by atoms with E-state index in [1.54, 1.807) is 5.56 Å². The third-order valence-electron chi connectivity index (χ3n) is 9.17. The zero-order chi connectivity index (χ0) is 27.0. The fourth-order valence-corrected chi connectivity index (χ4v) is 7.43. The topological polar surface area (TPSA) is 7.12 Å². The fraction of sp³-hybridized carbons (Fsp3) is 0.457. The van der Waals surface area contributed by atoms with Crippen LogP contribution in [0.25, 0.3) is 18.2 Å². The van der Waals surface area contributed by atoms with Gasteiger partial charge in [0.05, 0.1) is 34.1 Å². The molecule has 39 heavy (non-hydrogen) atoms. The Hall–Kier alpha value is -2.56. The molecule has 0 radical (unpaired) electrons. The minimum Gasteiger partial charge on any atom is -0.341 e. The van der Waals surface area contributed by atoms with Gasteiger partial charge in [0.25, 0.3) is 0 Å². The lowest BCUT2D eigenvalue weighted by atomic mass is 9.94. The smallest absolute Gasteiger partial charge is 0.208 e. The summed E-state index contributed by atoms with van der Waals surface area (Å²) in [7, 11) is 6.84. The van der Waals surface area contributed by atoms with Crippen LogP contribution < -0.4 is 9.47 Å². The molecule has 4 aliphatic rings. The molecule has 0 saturated heterocycles. The van der Waals surface area contributed by atoms with Gasteiger partial charge in [-0.25, -0.2) is 0 Å². The first-order chi connectivity index (χ1) is 18.9. The zero-order valence-electron chi connectivity index (χ0n) is 24.1. The third kappa shape index (κ3) is 5.56. The first-order valence-electron chi connectivity index (χ1n) is 15.0. The number of hydrogen-bond donors (Lipinski definition) is 1. The number of rotatable bonds is 8. The standard InChI is InChI=1S/C35H44N3S/c1-38(2,3)23-7-21-36-22-20-28(30-8-4-5-10-33(30)36)16-12-26-15-19-35-32(24-26)31-9-6-11-34(31)37(35)29-17-13-27(25-39)14-18-29/h5,10,12-13,15-17,19-20,22,24,31,34H,4,6-9,11,14,18,21,23,25H2,1-3H3/q+1/p+1. The maximum Gasteiger partial charge on any atom is 0.208 e. The lowest BCUT2D eigenvalue weighted by Gasteiger charge is -2.31. The summed E-state index contributed by atoms with van der Waals surface area (Å²) in [6.45, 7) is 2.27. The summed E-state index contributed by atoms with van der Waals surface area (Å²) in [5, 5.41) is 0. The van der Waals surface area contributed by atoms with Gasteiger partial charge in [-0.3, -0.25) is 0 Å². The van der Waals surface area contributed by atoms with E-state index in [1.807, 2.05) is 0 Å². The van der Waals surface area contributed by atoms with Crippen LogP contribution in [0.3, 0.4) is 0 Å². The Kier molecular flexibility index (Phi) is 7.61. The number of benzene rings is 1. The molecule has 2 aromatic rings. The van der Waals surface area contributed by atoms with Gasteiger partial charge in [-0.1, -0.05) is 42.4 Å². The third-order valence-corrected chi connectivity index (χ3v) is 9.58. The average molecular weight is 540 g/mol. The van der Waals surface area contributed by atoms with Crippen LogP contribution in [0, 0.1) is 0 Å². The number of aromatic nitrogens is 1. The van der Waals surface area contributed by atoms with Gasteiger partial charge in [0.15, 0.2) is 12.7 Å². The van der Waals surface area contributed by atoms with Gasteiger partial charge >= 0.3 is 0 Å². The average Bonchev–Trinajstić information content (AvgIpc) is 3.53. The van der Waals surface area contributed by atoms with E-state index in [1.165, 1.54) is 71.6 Å². The first-order valence-corrected chi connectivity index (χ1v) is 15.7. The van der Waals surface area contributed by atoms with Crippen molar-refractivity contribution in [1.82, 2.24) is 0 Å². The number of anilines is 1. The lowest BCUT2D eigenvalue weighted by Crippen LogP contribution is -2.42. The van der Waals surface area contributed by atoms with Gasteiger partial charge in [0.2, 0.25) is 5.69 Å². The summed E-state index contributed by atoms with van der Waals surface area (Å²) < 4.78 is 3.49. The Labute approximate surface area is 241 Å². The Morgan fingerprint density at radius 1 is 1.05 bits per heavy atom. The van der Waals surface area contributed by atoms with Crippen LogP contribution in [0.5, 0.6) is 0 Å². The number of fused-ring (bicyclic) bond motifs is 4. The van der Waals surface area contributed by atoms with Crippen LogP contribution in [0.15, 0.2) is 60.0 Å². The second kappa shape index (κ2) is 11.1. The largest absolute Gasteiger partial charge is 0.341 e. The molecule has 0 spiro atoms. The van der Waals surface area contributed by atoms with Crippen LogP contribution in [0.2, 0.25) is 0 Å². The molecule has 0 N–H and O–H groups in total. The Morgan fingerprint density at radius 2 is 1.95 bits per heavy atom. The van der Waals surface area contributed by atoms with Crippen molar-refractivity contribution in [3.63, 3.8) is 0 Å². The molecule has 0 bridgehead atoms.